The molecule has 0 bridgehead atoms. The molecule has 3 aromatic heterocycles. The van der Waals surface area contributed by atoms with Crippen LogP contribution in [0.3, 0.4) is 0 Å². The molecule has 8 aromatic rings. The standard InChI is InChI=1S/C37H24N4S/c1-2-8-24(9-3-1)25-16-18-26(19-17-25)32-21-33(41-37(40-32)34-22-38-23-39-34)28-11-6-10-27(20-28)29-13-7-14-31-30-12-4-5-15-35(30)42-36(29)31/h1-23H,(H,38,39). The fourth-order valence-electron chi connectivity index (χ4n) is 5.53. The number of fused-ring (bicyclic) bond motifs is 3. The van der Waals surface area contributed by atoms with E-state index < -0.39 is 0 Å². The van der Waals surface area contributed by atoms with E-state index in [1.54, 1.807) is 12.5 Å². The first-order valence-electron chi connectivity index (χ1n) is 13.8. The van der Waals surface area contributed by atoms with Gasteiger partial charge in [0.15, 0.2) is 5.82 Å². The van der Waals surface area contributed by atoms with E-state index in [0.29, 0.717) is 5.82 Å². The van der Waals surface area contributed by atoms with E-state index in [1.165, 1.54) is 42.4 Å². The van der Waals surface area contributed by atoms with Gasteiger partial charge in [-0.05, 0) is 40.5 Å². The number of imidazole rings is 1. The minimum absolute atomic E-state index is 0.615. The summed E-state index contributed by atoms with van der Waals surface area (Å²) in [5.41, 5.74) is 9.34. The summed E-state index contributed by atoms with van der Waals surface area (Å²) in [5, 5.41) is 2.60. The normalized spacial score (nSPS) is 11.3. The minimum atomic E-state index is 0.615. The maximum Gasteiger partial charge on any atom is 0.178 e. The predicted octanol–water partition coefficient (Wildman–Crippen LogP) is 9.90. The summed E-state index contributed by atoms with van der Waals surface area (Å²) in [6.45, 7) is 0. The van der Waals surface area contributed by atoms with Gasteiger partial charge in [0.25, 0.3) is 0 Å². The molecular weight excluding hydrogens is 533 g/mol. The third-order valence-electron chi connectivity index (χ3n) is 7.63. The summed E-state index contributed by atoms with van der Waals surface area (Å²) in [6, 6.07) is 44.9. The Balaban J connectivity index is 1.24. The molecule has 5 heteroatoms. The van der Waals surface area contributed by atoms with Gasteiger partial charge in [0.1, 0.15) is 5.69 Å². The van der Waals surface area contributed by atoms with Crippen LogP contribution in [-0.2, 0) is 0 Å². The monoisotopic (exact) mass is 556 g/mol. The Labute approximate surface area is 247 Å². The average Bonchev–Trinajstić information content (AvgIpc) is 3.74. The highest BCUT2D eigenvalue weighted by Crippen LogP contribution is 2.40. The highest BCUT2D eigenvalue weighted by molar-refractivity contribution is 7.26. The van der Waals surface area contributed by atoms with Gasteiger partial charge in [-0.1, -0.05) is 109 Å². The number of H-pyrrole nitrogens is 1. The molecule has 0 saturated carbocycles. The summed E-state index contributed by atoms with van der Waals surface area (Å²) in [4.78, 5) is 17.3. The number of hydrogen-bond donors (Lipinski definition) is 1. The van der Waals surface area contributed by atoms with E-state index >= 15 is 0 Å². The maximum absolute atomic E-state index is 4.99. The molecule has 0 fully saturated rings. The van der Waals surface area contributed by atoms with Crippen LogP contribution in [0.4, 0.5) is 0 Å². The van der Waals surface area contributed by atoms with Crippen LogP contribution in [0.5, 0.6) is 0 Å². The number of aromatic amines is 1. The first kappa shape index (κ1) is 24.4. The van der Waals surface area contributed by atoms with Crippen LogP contribution >= 0.6 is 11.3 Å². The largest absolute Gasteiger partial charge is 0.342 e. The van der Waals surface area contributed by atoms with Gasteiger partial charge in [-0.2, -0.15) is 0 Å². The highest BCUT2D eigenvalue weighted by Gasteiger charge is 2.14. The van der Waals surface area contributed by atoms with Crippen LogP contribution in [0.2, 0.25) is 0 Å². The Morgan fingerprint density at radius 2 is 1.19 bits per heavy atom. The molecule has 0 unspecified atom stereocenters. The van der Waals surface area contributed by atoms with Crippen molar-refractivity contribution in [1.29, 1.82) is 0 Å². The molecule has 4 nitrogen and oxygen atoms in total. The molecule has 0 spiro atoms. The lowest BCUT2D eigenvalue weighted by Gasteiger charge is -2.11. The molecule has 3 heterocycles. The van der Waals surface area contributed by atoms with E-state index in [9.17, 15) is 0 Å². The van der Waals surface area contributed by atoms with Crippen molar-refractivity contribution in [3.8, 4) is 56.3 Å². The van der Waals surface area contributed by atoms with Gasteiger partial charge in [0.2, 0.25) is 0 Å². The van der Waals surface area contributed by atoms with Crippen LogP contribution < -0.4 is 0 Å². The van der Waals surface area contributed by atoms with Gasteiger partial charge in [0, 0.05) is 31.3 Å². The molecule has 1 N–H and O–H groups in total. The first-order chi connectivity index (χ1) is 20.8. The maximum atomic E-state index is 4.99. The molecule has 0 aliphatic heterocycles. The zero-order chi connectivity index (χ0) is 27.9. The molecular formula is C37H24N4S. The van der Waals surface area contributed by atoms with Gasteiger partial charge in [-0.3, -0.25) is 0 Å². The zero-order valence-corrected chi connectivity index (χ0v) is 23.3. The number of thiophene rings is 1. The first-order valence-corrected chi connectivity index (χ1v) is 14.7. The number of hydrogen-bond acceptors (Lipinski definition) is 4. The number of nitrogens with one attached hydrogen (secondary N) is 1. The molecule has 5 aromatic carbocycles. The SMILES string of the molecule is c1ccc(-c2ccc(-c3cc(-c4cccc(-c5cccc6c5sc5ccccc56)c4)nc(-c4cnc[nH]4)n3)cc2)cc1. The number of rotatable bonds is 5. The molecule has 0 aliphatic rings. The molecule has 0 amide bonds. The van der Waals surface area contributed by atoms with Gasteiger partial charge >= 0.3 is 0 Å². The van der Waals surface area contributed by atoms with Crippen molar-refractivity contribution in [1.82, 2.24) is 19.9 Å². The third-order valence-corrected chi connectivity index (χ3v) is 8.85. The average molecular weight is 557 g/mol. The summed E-state index contributed by atoms with van der Waals surface area (Å²) in [7, 11) is 0. The Morgan fingerprint density at radius 3 is 2.02 bits per heavy atom. The number of nitrogens with zero attached hydrogens (tertiary/aromatic N) is 3. The highest BCUT2D eigenvalue weighted by atomic mass is 32.1. The Morgan fingerprint density at radius 1 is 0.524 bits per heavy atom. The summed E-state index contributed by atoms with van der Waals surface area (Å²) in [6.07, 6.45) is 3.42. The van der Waals surface area contributed by atoms with Crippen molar-refractivity contribution >= 4 is 31.5 Å². The van der Waals surface area contributed by atoms with Crippen LogP contribution in [0.15, 0.2) is 140 Å². The fraction of sp³-hybridized carbons (Fsp3) is 0. The lowest BCUT2D eigenvalue weighted by Crippen LogP contribution is -1.96. The minimum Gasteiger partial charge on any atom is -0.342 e. The zero-order valence-electron chi connectivity index (χ0n) is 22.5. The molecule has 198 valence electrons. The van der Waals surface area contributed by atoms with Crippen molar-refractivity contribution in [2.45, 2.75) is 0 Å². The van der Waals surface area contributed by atoms with Gasteiger partial charge < -0.3 is 4.98 Å². The van der Waals surface area contributed by atoms with Crippen molar-refractivity contribution < 1.29 is 0 Å². The van der Waals surface area contributed by atoms with Crippen molar-refractivity contribution in [3.63, 3.8) is 0 Å². The molecule has 42 heavy (non-hydrogen) atoms. The molecule has 0 atom stereocenters. The van der Waals surface area contributed by atoms with Gasteiger partial charge in [-0.15, -0.1) is 11.3 Å². The Hall–Kier alpha value is -5.39. The van der Waals surface area contributed by atoms with Crippen LogP contribution in [0.25, 0.3) is 76.5 Å². The topological polar surface area (TPSA) is 54.5 Å². The van der Waals surface area contributed by atoms with E-state index in [2.05, 4.69) is 131 Å². The van der Waals surface area contributed by atoms with Crippen molar-refractivity contribution in [2.24, 2.45) is 0 Å². The number of aromatic nitrogens is 4. The van der Waals surface area contributed by atoms with Crippen LogP contribution in [-0.4, -0.2) is 19.9 Å². The second-order valence-corrected chi connectivity index (χ2v) is 11.3. The van der Waals surface area contributed by atoms with E-state index in [1.807, 2.05) is 17.4 Å². The van der Waals surface area contributed by atoms with E-state index in [4.69, 9.17) is 9.97 Å². The molecule has 0 saturated heterocycles. The summed E-state index contributed by atoms with van der Waals surface area (Å²) >= 11 is 1.85. The van der Waals surface area contributed by atoms with E-state index in [0.717, 1.165) is 28.2 Å². The van der Waals surface area contributed by atoms with Gasteiger partial charge in [0.05, 0.1) is 23.9 Å². The fourth-order valence-corrected chi connectivity index (χ4v) is 6.76. The van der Waals surface area contributed by atoms with E-state index in [-0.39, 0.29) is 0 Å². The lowest BCUT2D eigenvalue weighted by atomic mass is 9.99. The quantitative estimate of drug-likeness (QED) is 0.229. The molecule has 0 aliphatic carbocycles. The third kappa shape index (κ3) is 4.37. The Bertz CT molecular complexity index is 2180. The summed E-state index contributed by atoms with van der Waals surface area (Å²) < 4.78 is 2.61. The second kappa shape index (κ2) is 10.2. The smallest absolute Gasteiger partial charge is 0.178 e. The molecule has 8 rings (SSSR count). The second-order valence-electron chi connectivity index (χ2n) is 10.2. The summed E-state index contributed by atoms with van der Waals surface area (Å²) in [5.74, 6) is 0.615. The van der Waals surface area contributed by atoms with Crippen molar-refractivity contribution in [2.75, 3.05) is 0 Å². The predicted molar refractivity (Wildman–Crippen MR) is 174 cm³/mol. The van der Waals surface area contributed by atoms with Crippen molar-refractivity contribution in [3.05, 3.63) is 140 Å². The van der Waals surface area contributed by atoms with Gasteiger partial charge in [-0.25, -0.2) is 15.0 Å². The lowest BCUT2D eigenvalue weighted by molar-refractivity contribution is 1.16. The number of benzene rings is 5. The molecule has 0 radical (unpaired) electrons. The van der Waals surface area contributed by atoms with Crippen LogP contribution in [0.1, 0.15) is 0 Å². The Kier molecular flexibility index (Phi) is 5.94. The van der Waals surface area contributed by atoms with Crippen LogP contribution in [0, 0.1) is 0 Å².